The van der Waals surface area contributed by atoms with Gasteiger partial charge in [-0.25, -0.2) is 4.98 Å². The average Bonchev–Trinajstić information content (AvgIpc) is 3.32. The minimum absolute atomic E-state index is 0.664. The molecule has 0 spiro atoms. The summed E-state index contributed by atoms with van der Waals surface area (Å²) in [6.45, 7) is 0. The summed E-state index contributed by atoms with van der Waals surface area (Å²) in [5, 5.41) is 3.78. The van der Waals surface area contributed by atoms with Crippen LogP contribution in [0.3, 0.4) is 0 Å². The monoisotopic (exact) mass is 574 g/mol. The molecule has 0 unspecified atom stereocenters. The summed E-state index contributed by atoms with van der Waals surface area (Å²) in [5.74, 6) is 0. The highest BCUT2D eigenvalue weighted by atomic mass is 79.9. The van der Waals surface area contributed by atoms with Crippen LogP contribution in [0.1, 0.15) is 5.56 Å². The molecule has 0 amide bonds. The second kappa shape index (κ2) is 7.04. The quantitative estimate of drug-likeness (QED) is 0.208. The Morgan fingerprint density at radius 1 is 0.812 bits per heavy atom. The zero-order valence-electron chi connectivity index (χ0n) is 16.0. The fourth-order valence-corrected chi connectivity index (χ4v) is 6.27. The van der Waals surface area contributed by atoms with Crippen molar-refractivity contribution in [1.29, 1.82) is 0 Å². The van der Waals surface area contributed by atoms with E-state index in [-0.39, 0.29) is 0 Å². The first-order valence-electron chi connectivity index (χ1n) is 9.61. The number of nitrogens with zero attached hydrogens (tertiary/aromatic N) is 1. The second-order valence-electron chi connectivity index (χ2n) is 7.47. The van der Waals surface area contributed by atoms with Gasteiger partial charge in [-0.05, 0) is 61.7 Å². The van der Waals surface area contributed by atoms with E-state index in [9.17, 15) is 13.2 Å². The second-order valence-corrected chi connectivity index (χ2v) is 10.2. The summed E-state index contributed by atoms with van der Waals surface area (Å²) in [5.41, 5.74) is 3.67. The number of aromatic nitrogens is 2. The molecule has 0 bridgehead atoms. The molecular weight excluding hydrogens is 565 g/mol. The highest BCUT2D eigenvalue weighted by molar-refractivity contribution is 9.11. The van der Waals surface area contributed by atoms with Crippen molar-refractivity contribution in [2.75, 3.05) is 0 Å². The number of aromatic amines is 1. The van der Waals surface area contributed by atoms with Gasteiger partial charge in [0.1, 0.15) is 9.84 Å². The maximum atomic E-state index is 13.2. The normalized spacial score (nSPS) is 12.5. The van der Waals surface area contributed by atoms with Gasteiger partial charge in [0.2, 0.25) is 0 Å². The minimum Gasteiger partial charge on any atom is -0.345 e. The van der Waals surface area contributed by atoms with Crippen LogP contribution in [-0.2, 0) is 6.18 Å². The predicted octanol–water partition coefficient (Wildman–Crippen LogP) is 9.25. The first-order chi connectivity index (χ1) is 15.3. The molecule has 6 rings (SSSR count). The number of benzene rings is 3. The van der Waals surface area contributed by atoms with Crippen LogP contribution in [0, 0.1) is 0 Å². The van der Waals surface area contributed by atoms with Crippen molar-refractivity contribution in [2.45, 2.75) is 6.18 Å². The molecular formula is C24H11Br2F3N2S. The molecule has 0 atom stereocenters. The molecule has 0 radical (unpaired) electrons. The van der Waals surface area contributed by atoms with E-state index in [0.717, 1.165) is 74.8 Å². The molecule has 8 heteroatoms. The van der Waals surface area contributed by atoms with Gasteiger partial charge in [-0.15, -0.1) is 0 Å². The predicted molar refractivity (Wildman–Crippen MR) is 131 cm³/mol. The van der Waals surface area contributed by atoms with E-state index in [1.54, 1.807) is 23.5 Å². The maximum Gasteiger partial charge on any atom is 0.416 e. The Balaban J connectivity index is 1.81. The van der Waals surface area contributed by atoms with Crippen LogP contribution in [0.25, 0.3) is 53.7 Å². The molecule has 0 saturated heterocycles. The Morgan fingerprint density at radius 3 is 2.22 bits per heavy atom. The van der Waals surface area contributed by atoms with Gasteiger partial charge < -0.3 is 4.98 Å². The Kier molecular flexibility index (Phi) is 4.44. The molecule has 3 aromatic carbocycles. The maximum absolute atomic E-state index is 13.2. The first kappa shape index (κ1) is 20.2. The van der Waals surface area contributed by atoms with Crippen molar-refractivity contribution in [3.63, 3.8) is 0 Å². The third-order valence-electron chi connectivity index (χ3n) is 5.63. The fourth-order valence-electron chi connectivity index (χ4n) is 4.24. The third kappa shape index (κ3) is 2.93. The molecule has 1 aromatic heterocycles. The zero-order valence-corrected chi connectivity index (χ0v) is 20.0. The Bertz CT molecular complexity index is 1620. The van der Waals surface area contributed by atoms with Crippen LogP contribution >= 0.6 is 43.2 Å². The van der Waals surface area contributed by atoms with E-state index in [1.807, 2.05) is 36.4 Å². The summed E-state index contributed by atoms with van der Waals surface area (Å²) in [7, 11) is 0. The van der Waals surface area contributed by atoms with Gasteiger partial charge in [-0.3, -0.25) is 0 Å². The molecule has 0 aliphatic carbocycles. The van der Waals surface area contributed by atoms with Crippen molar-refractivity contribution >= 4 is 75.2 Å². The lowest BCUT2D eigenvalue weighted by atomic mass is 9.95. The Labute approximate surface area is 200 Å². The van der Waals surface area contributed by atoms with Crippen LogP contribution in [-0.4, -0.2) is 9.97 Å². The minimum atomic E-state index is -4.38. The van der Waals surface area contributed by atoms with Crippen LogP contribution in [0.4, 0.5) is 13.2 Å². The lowest BCUT2D eigenvalue weighted by molar-refractivity contribution is -0.137. The molecule has 2 aliphatic rings. The van der Waals surface area contributed by atoms with Crippen LogP contribution in [0.15, 0.2) is 69.6 Å². The number of hydrogen-bond acceptors (Lipinski definition) is 2. The van der Waals surface area contributed by atoms with E-state index in [2.05, 4.69) is 36.8 Å². The SMILES string of the molecule is FC(F)(F)c1ccc(-c2c3c4cccc(Br)c4nc-3sc3[nH]c4c(Br)cccc4c23)cc1. The van der Waals surface area contributed by atoms with Crippen LogP contribution in [0.2, 0.25) is 0 Å². The van der Waals surface area contributed by atoms with Crippen molar-refractivity contribution in [3.8, 4) is 21.7 Å². The fraction of sp³-hybridized carbons (Fsp3) is 0.0417. The van der Waals surface area contributed by atoms with Crippen molar-refractivity contribution in [1.82, 2.24) is 9.97 Å². The van der Waals surface area contributed by atoms with E-state index in [0.29, 0.717) is 0 Å². The number of nitrogens with one attached hydrogen (secondary N) is 1. The van der Waals surface area contributed by atoms with Gasteiger partial charge in [0.05, 0.1) is 16.6 Å². The number of halogens is 5. The van der Waals surface area contributed by atoms with E-state index < -0.39 is 11.7 Å². The topological polar surface area (TPSA) is 28.7 Å². The van der Waals surface area contributed by atoms with Gasteiger partial charge in [-0.1, -0.05) is 47.7 Å². The van der Waals surface area contributed by atoms with Gasteiger partial charge in [0, 0.05) is 36.2 Å². The number of rotatable bonds is 1. The zero-order chi connectivity index (χ0) is 22.2. The Morgan fingerprint density at radius 2 is 1.50 bits per heavy atom. The summed E-state index contributed by atoms with van der Waals surface area (Å²) in [6, 6.07) is 17.2. The number of hydrogen-bond donors (Lipinski definition) is 1. The third-order valence-corrected chi connectivity index (χ3v) is 7.93. The van der Waals surface area contributed by atoms with Crippen molar-refractivity contribution in [3.05, 3.63) is 75.2 Å². The van der Waals surface area contributed by atoms with Crippen LogP contribution < -0.4 is 0 Å². The molecule has 3 heterocycles. The highest BCUT2D eigenvalue weighted by Crippen LogP contribution is 2.50. The molecule has 4 aromatic rings. The van der Waals surface area contributed by atoms with Crippen LogP contribution in [0.5, 0.6) is 0 Å². The average molecular weight is 576 g/mol. The number of para-hydroxylation sites is 2. The van der Waals surface area contributed by atoms with Gasteiger partial charge in [0.25, 0.3) is 0 Å². The molecule has 2 nitrogen and oxygen atoms in total. The smallest absolute Gasteiger partial charge is 0.345 e. The lowest BCUT2D eigenvalue weighted by Crippen LogP contribution is -2.04. The van der Waals surface area contributed by atoms with Crippen molar-refractivity contribution in [2.24, 2.45) is 0 Å². The molecule has 2 aliphatic heterocycles. The standard InChI is InChI=1S/C24H11Br2F3N2S/c25-15-5-1-3-13-18-17(11-7-9-12(10-8-11)24(27,28)29)19-14-4-2-6-16(26)21(14)31-23(19)32-22(18)30-20(13)15/h1-10,30H. The summed E-state index contributed by atoms with van der Waals surface area (Å²) in [4.78, 5) is 9.27. The Hall–Kier alpha value is -2.42. The van der Waals surface area contributed by atoms with Gasteiger partial charge in [0.15, 0.2) is 0 Å². The lowest BCUT2D eigenvalue weighted by Gasteiger charge is -2.13. The first-order valence-corrected chi connectivity index (χ1v) is 12.0. The summed E-state index contributed by atoms with van der Waals surface area (Å²) < 4.78 is 41.4. The van der Waals surface area contributed by atoms with Gasteiger partial charge in [-0.2, -0.15) is 13.2 Å². The highest BCUT2D eigenvalue weighted by Gasteiger charge is 2.31. The van der Waals surface area contributed by atoms with E-state index >= 15 is 0 Å². The van der Waals surface area contributed by atoms with E-state index in [4.69, 9.17) is 4.98 Å². The van der Waals surface area contributed by atoms with Crippen molar-refractivity contribution < 1.29 is 13.2 Å². The van der Waals surface area contributed by atoms with Gasteiger partial charge >= 0.3 is 6.18 Å². The summed E-state index contributed by atoms with van der Waals surface area (Å²) in [6.07, 6.45) is -4.38. The largest absolute Gasteiger partial charge is 0.416 e. The molecule has 0 saturated carbocycles. The number of H-pyrrole nitrogens is 1. The molecule has 1 N–H and O–H groups in total. The number of alkyl halides is 3. The number of fused-ring (bicyclic) bond motifs is 6. The molecule has 0 fully saturated rings. The van der Waals surface area contributed by atoms with E-state index in [1.165, 1.54) is 0 Å². The molecule has 158 valence electrons. The molecule has 32 heavy (non-hydrogen) atoms. The summed E-state index contributed by atoms with van der Waals surface area (Å²) >= 11 is 8.74.